The van der Waals surface area contributed by atoms with Gasteiger partial charge < -0.3 is 0 Å². The molecule has 10 heavy (non-hydrogen) atoms. The van der Waals surface area contributed by atoms with E-state index in [1.54, 1.807) is 0 Å². The van der Waals surface area contributed by atoms with Crippen LogP contribution in [0.15, 0.2) is 18.5 Å². The third kappa shape index (κ3) is 1.82. The summed E-state index contributed by atoms with van der Waals surface area (Å²) in [6.45, 7) is 0. The van der Waals surface area contributed by atoms with Crippen LogP contribution in [0.4, 0.5) is 4.39 Å². The molecular weight excluding hydrogens is 176 g/mol. The Morgan fingerprint density at radius 2 is 2.10 bits per heavy atom. The van der Waals surface area contributed by atoms with Gasteiger partial charge in [0, 0.05) is 11.8 Å². The van der Waals surface area contributed by atoms with Crippen LogP contribution in [0.5, 0.6) is 0 Å². The van der Waals surface area contributed by atoms with Crippen molar-refractivity contribution in [1.82, 2.24) is 4.98 Å². The number of aromatic nitrogens is 1. The first-order chi connectivity index (χ1) is 4.70. The normalized spacial score (nSPS) is 10.4. The molecule has 4 heteroatoms. The Labute approximate surface area is 67.8 Å². The van der Waals surface area contributed by atoms with Gasteiger partial charge in [-0.15, -0.1) is 23.2 Å². The maximum Gasteiger partial charge on any atom is 0.141 e. The van der Waals surface area contributed by atoms with Crippen LogP contribution in [0.25, 0.3) is 0 Å². The second kappa shape index (κ2) is 3.17. The molecule has 1 aromatic rings. The van der Waals surface area contributed by atoms with Crippen molar-refractivity contribution < 1.29 is 4.39 Å². The van der Waals surface area contributed by atoms with Crippen molar-refractivity contribution in [2.24, 2.45) is 0 Å². The topological polar surface area (TPSA) is 12.9 Å². The van der Waals surface area contributed by atoms with E-state index in [1.165, 1.54) is 12.3 Å². The summed E-state index contributed by atoms with van der Waals surface area (Å²) in [5, 5.41) is 0. The molecule has 1 heterocycles. The van der Waals surface area contributed by atoms with Gasteiger partial charge in [0.1, 0.15) is 10.7 Å². The van der Waals surface area contributed by atoms with Crippen molar-refractivity contribution in [3.05, 3.63) is 29.8 Å². The van der Waals surface area contributed by atoms with Crippen LogP contribution in [0.1, 0.15) is 10.4 Å². The fraction of sp³-hybridized carbons (Fsp3) is 0.167. The Morgan fingerprint density at radius 3 is 2.50 bits per heavy atom. The molecule has 0 unspecified atom stereocenters. The number of pyridine rings is 1. The Kier molecular flexibility index (Phi) is 2.46. The summed E-state index contributed by atoms with van der Waals surface area (Å²) in [6, 6.07) is 1.25. The van der Waals surface area contributed by atoms with Crippen LogP contribution in [0.2, 0.25) is 0 Å². The summed E-state index contributed by atoms with van der Waals surface area (Å²) < 4.78 is 12.3. The predicted molar refractivity (Wildman–Crippen MR) is 38.6 cm³/mol. The summed E-state index contributed by atoms with van der Waals surface area (Å²) in [5.41, 5.74) is 0.475. The van der Waals surface area contributed by atoms with Crippen LogP contribution in [-0.2, 0) is 0 Å². The Bertz CT molecular complexity index is 227. The van der Waals surface area contributed by atoms with Crippen LogP contribution in [-0.4, -0.2) is 4.98 Å². The summed E-state index contributed by atoms with van der Waals surface area (Å²) >= 11 is 10.9. The second-order valence-corrected chi connectivity index (χ2v) is 2.83. The molecular formula is C6H4Cl2FN. The molecule has 0 aliphatic heterocycles. The first kappa shape index (κ1) is 7.76. The van der Waals surface area contributed by atoms with Gasteiger partial charge in [-0.1, -0.05) is 0 Å². The van der Waals surface area contributed by atoms with Gasteiger partial charge in [-0.05, 0) is 6.07 Å². The highest BCUT2D eigenvalue weighted by atomic mass is 35.5. The summed E-state index contributed by atoms with van der Waals surface area (Å²) in [6.07, 6.45) is 2.52. The van der Waals surface area contributed by atoms with E-state index < -0.39 is 10.7 Å². The molecule has 0 aliphatic rings. The minimum atomic E-state index is -0.705. The minimum Gasteiger partial charge on any atom is -0.261 e. The van der Waals surface area contributed by atoms with E-state index in [0.29, 0.717) is 5.56 Å². The van der Waals surface area contributed by atoms with Gasteiger partial charge in [0.25, 0.3) is 0 Å². The lowest BCUT2D eigenvalue weighted by atomic mass is 10.3. The van der Waals surface area contributed by atoms with Crippen molar-refractivity contribution in [2.75, 3.05) is 0 Å². The van der Waals surface area contributed by atoms with E-state index >= 15 is 0 Å². The van der Waals surface area contributed by atoms with Gasteiger partial charge in [-0.2, -0.15) is 0 Å². The average Bonchev–Trinajstić information content (AvgIpc) is 1.88. The lowest BCUT2D eigenvalue weighted by molar-refractivity contribution is 0.619. The van der Waals surface area contributed by atoms with Gasteiger partial charge in [0.05, 0.1) is 6.20 Å². The predicted octanol–water partition coefficient (Wildman–Crippen LogP) is 2.70. The molecule has 0 fully saturated rings. The Balaban J connectivity index is 2.96. The van der Waals surface area contributed by atoms with E-state index in [2.05, 4.69) is 4.98 Å². The molecule has 1 rings (SSSR count). The fourth-order valence-electron chi connectivity index (χ4n) is 0.548. The minimum absolute atomic E-state index is 0.427. The zero-order chi connectivity index (χ0) is 7.56. The van der Waals surface area contributed by atoms with Crippen molar-refractivity contribution in [2.45, 2.75) is 4.84 Å². The van der Waals surface area contributed by atoms with E-state index in [1.807, 2.05) is 0 Å². The molecule has 0 radical (unpaired) electrons. The number of alkyl halides is 2. The summed E-state index contributed by atoms with van der Waals surface area (Å²) in [4.78, 5) is 2.86. The standard InChI is InChI=1S/C6H4Cl2FN/c7-6(8)4-1-5(9)3-10-2-4/h1-3,6H. The number of nitrogens with zero attached hydrogens (tertiary/aromatic N) is 1. The molecule has 0 N–H and O–H groups in total. The van der Waals surface area contributed by atoms with E-state index in [9.17, 15) is 4.39 Å². The highest BCUT2D eigenvalue weighted by Crippen LogP contribution is 2.23. The molecule has 0 saturated heterocycles. The second-order valence-electron chi connectivity index (χ2n) is 1.74. The van der Waals surface area contributed by atoms with E-state index in [4.69, 9.17) is 23.2 Å². The van der Waals surface area contributed by atoms with Gasteiger partial charge in [0.2, 0.25) is 0 Å². The van der Waals surface area contributed by atoms with Gasteiger partial charge in [0.15, 0.2) is 0 Å². The molecule has 1 aromatic heterocycles. The summed E-state index contributed by atoms with van der Waals surface area (Å²) in [5.74, 6) is -0.427. The zero-order valence-corrected chi connectivity index (χ0v) is 6.40. The SMILES string of the molecule is Fc1cncc(C(Cl)Cl)c1. The van der Waals surface area contributed by atoms with Gasteiger partial charge in [-0.25, -0.2) is 4.39 Å². The summed E-state index contributed by atoms with van der Waals surface area (Å²) in [7, 11) is 0. The van der Waals surface area contributed by atoms with Crippen LogP contribution in [0, 0.1) is 5.82 Å². The van der Waals surface area contributed by atoms with Crippen LogP contribution < -0.4 is 0 Å². The number of hydrogen-bond acceptors (Lipinski definition) is 1. The largest absolute Gasteiger partial charge is 0.261 e. The highest BCUT2D eigenvalue weighted by molar-refractivity contribution is 6.44. The molecule has 0 bridgehead atoms. The zero-order valence-electron chi connectivity index (χ0n) is 4.89. The van der Waals surface area contributed by atoms with Crippen molar-refractivity contribution >= 4 is 23.2 Å². The van der Waals surface area contributed by atoms with Gasteiger partial charge >= 0.3 is 0 Å². The molecule has 0 aromatic carbocycles. The molecule has 0 saturated carbocycles. The first-order valence-corrected chi connectivity index (χ1v) is 3.46. The molecule has 54 valence electrons. The highest BCUT2D eigenvalue weighted by Gasteiger charge is 2.03. The molecule has 0 aliphatic carbocycles. The Morgan fingerprint density at radius 1 is 1.40 bits per heavy atom. The van der Waals surface area contributed by atoms with E-state index in [0.717, 1.165) is 6.20 Å². The van der Waals surface area contributed by atoms with Crippen LogP contribution in [0.3, 0.4) is 0 Å². The molecule has 0 atom stereocenters. The molecule has 0 amide bonds. The fourth-order valence-corrected chi connectivity index (χ4v) is 0.786. The third-order valence-electron chi connectivity index (χ3n) is 0.978. The number of rotatable bonds is 1. The van der Waals surface area contributed by atoms with Crippen molar-refractivity contribution in [3.8, 4) is 0 Å². The monoisotopic (exact) mass is 179 g/mol. The maximum atomic E-state index is 12.3. The Hall–Kier alpha value is -0.340. The lowest BCUT2D eigenvalue weighted by Gasteiger charge is -1.98. The molecule has 1 nitrogen and oxygen atoms in total. The quantitative estimate of drug-likeness (QED) is 0.605. The van der Waals surface area contributed by atoms with E-state index in [-0.39, 0.29) is 0 Å². The van der Waals surface area contributed by atoms with Crippen molar-refractivity contribution in [3.63, 3.8) is 0 Å². The third-order valence-corrected chi connectivity index (χ3v) is 1.48. The number of hydrogen-bond donors (Lipinski definition) is 0. The first-order valence-electron chi connectivity index (χ1n) is 2.59. The molecule has 0 spiro atoms. The number of halogens is 3. The van der Waals surface area contributed by atoms with Crippen LogP contribution >= 0.6 is 23.2 Å². The average molecular weight is 180 g/mol. The lowest BCUT2D eigenvalue weighted by Crippen LogP contribution is -1.85. The smallest absolute Gasteiger partial charge is 0.141 e. The van der Waals surface area contributed by atoms with Crippen molar-refractivity contribution in [1.29, 1.82) is 0 Å². The van der Waals surface area contributed by atoms with Gasteiger partial charge in [-0.3, -0.25) is 4.98 Å². The maximum absolute atomic E-state index is 12.3.